The van der Waals surface area contributed by atoms with E-state index in [1.807, 2.05) is 18.2 Å². The van der Waals surface area contributed by atoms with E-state index in [2.05, 4.69) is 10.6 Å². The minimum absolute atomic E-state index is 0.0167. The number of carbonyl (C=O) groups is 3. The molecule has 2 heterocycles. The molecule has 37 heavy (non-hydrogen) atoms. The summed E-state index contributed by atoms with van der Waals surface area (Å²) in [5, 5.41) is 6.25. The van der Waals surface area contributed by atoms with E-state index in [4.69, 9.17) is 16.3 Å². The lowest BCUT2D eigenvalue weighted by Crippen LogP contribution is -2.45. The Labute approximate surface area is 218 Å². The van der Waals surface area contributed by atoms with Gasteiger partial charge < -0.3 is 20.3 Å². The van der Waals surface area contributed by atoms with Gasteiger partial charge in [0.05, 0.1) is 28.9 Å². The normalized spacial score (nSPS) is 22.1. The van der Waals surface area contributed by atoms with Crippen LogP contribution in [0.3, 0.4) is 0 Å². The Kier molecular flexibility index (Phi) is 6.68. The molecule has 8 nitrogen and oxygen atoms in total. The molecule has 1 aliphatic heterocycles. The fraction of sp³-hybridized carbons (Fsp3) is 0.370. The van der Waals surface area contributed by atoms with Crippen LogP contribution in [0.5, 0.6) is 0 Å². The lowest BCUT2D eigenvalue weighted by Gasteiger charge is -2.27. The first-order chi connectivity index (χ1) is 17.8. The van der Waals surface area contributed by atoms with Gasteiger partial charge in [-0.25, -0.2) is 14.0 Å². The molecule has 2 aliphatic rings. The molecule has 0 bridgehead atoms. The van der Waals surface area contributed by atoms with Crippen LogP contribution in [0.1, 0.15) is 24.8 Å². The van der Waals surface area contributed by atoms with Crippen LogP contribution >= 0.6 is 11.6 Å². The third kappa shape index (κ3) is 4.46. The molecule has 2 fully saturated rings. The average Bonchev–Trinajstić information content (AvgIpc) is 3.30. The number of amides is 3. The number of aromatic nitrogens is 1. The lowest BCUT2D eigenvalue weighted by atomic mass is 9.95. The zero-order valence-corrected chi connectivity index (χ0v) is 21.3. The van der Waals surface area contributed by atoms with E-state index in [-0.39, 0.29) is 41.1 Å². The minimum Gasteiger partial charge on any atom is -0.384 e. The van der Waals surface area contributed by atoms with Crippen LogP contribution in [-0.2, 0) is 16.0 Å². The topological polar surface area (TPSA) is 92.7 Å². The van der Waals surface area contributed by atoms with Crippen LogP contribution in [0.4, 0.5) is 19.7 Å². The smallest absolute Gasteiger partial charge is 0.325 e. The molecule has 1 saturated heterocycles. The molecular formula is C27H28ClFN4O4. The van der Waals surface area contributed by atoms with Crippen LogP contribution in [0.2, 0.25) is 5.02 Å². The van der Waals surface area contributed by atoms with Crippen LogP contribution in [0.25, 0.3) is 10.9 Å². The first-order valence-corrected chi connectivity index (χ1v) is 12.5. The summed E-state index contributed by atoms with van der Waals surface area (Å²) in [7, 11) is 3.15. The fourth-order valence-electron chi connectivity index (χ4n) is 5.61. The van der Waals surface area contributed by atoms with Gasteiger partial charge >= 0.3 is 12.1 Å². The number of hydrogen-bond donors (Lipinski definition) is 2. The van der Waals surface area contributed by atoms with Crippen molar-refractivity contribution in [2.75, 3.05) is 26.1 Å². The third-order valence-electron chi connectivity index (χ3n) is 7.51. The van der Waals surface area contributed by atoms with Crippen molar-refractivity contribution in [3.05, 3.63) is 65.1 Å². The number of urea groups is 1. The van der Waals surface area contributed by atoms with Crippen LogP contribution in [0.15, 0.2) is 48.7 Å². The quantitative estimate of drug-likeness (QED) is 0.461. The van der Waals surface area contributed by atoms with Crippen LogP contribution < -0.4 is 10.6 Å². The van der Waals surface area contributed by atoms with E-state index >= 15 is 0 Å². The zero-order chi connectivity index (χ0) is 26.3. The number of rotatable bonds is 7. The third-order valence-corrected chi connectivity index (χ3v) is 7.81. The molecule has 3 aromatic rings. The summed E-state index contributed by atoms with van der Waals surface area (Å²) in [6.07, 6.45) is 3.10. The molecular weight excluding hydrogens is 499 g/mol. The highest BCUT2D eigenvalue weighted by Crippen LogP contribution is 2.60. The summed E-state index contributed by atoms with van der Waals surface area (Å²) in [4.78, 5) is 41.0. The van der Waals surface area contributed by atoms with Crippen molar-refractivity contribution in [1.29, 1.82) is 0 Å². The van der Waals surface area contributed by atoms with Gasteiger partial charge in [0.2, 0.25) is 0 Å². The first kappa shape index (κ1) is 25.2. The number of ether oxygens (including phenoxy) is 1. The molecule has 10 heteroatoms. The molecule has 0 radical (unpaired) electrons. The molecule has 3 atom stereocenters. The number of ketones is 1. The van der Waals surface area contributed by atoms with Crippen molar-refractivity contribution in [1.82, 2.24) is 14.8 Å². The standard InChI is InChI=1S/C27H28ClFN4O4/c1-30-25(35)32-14-19(17-7-3-4-9-20(17)32)31-26(36)33-21(12-27(15-37-2)13-23(27)33)22(34)11-10-16-6-5-8-18(28)24(16)29/h3-9,14,21,23H,10-13,15H2,1-2H3,(H,30,35)(H,31,36)/t21-,23+,27-/m0/s1. The van der Waals surface area contributed by atoms with Gasteiger partial charge in [-0.1, -0.05) is 41.9 Å². The van der Waals surface area contributed by atoms with Crippen LogP contribution in [-0.4, -0.2) is 60.2 Å². The highest BCUT2D eigenvalue weighted by atomic mass is 35.5. The molecule has 5 rings (SSSR count). The van der Waals surface area contributed by atoms with Crippen molar-refractivity contribution in [2.45, 2.75) is 37.8 Å². The summed E-state index contributed by atoms with van der Waals surface area (Å²) < 4.78 is 21.2. The van der Waals surface area contributed by atoms with E-state index in [9.17, 15) is 18.8 Å². The Morgan fingerprint density at radius 3 is 2.68 bits per heavy atom. The van der Waals surface area contributed by atoms with E-state index in [0.29, 0.717) is 35.2 Å². The second kappa shape index (κ2) is 9.79. The number of nitrogens with one attached hydrogen (secondary N) is 2. The van der Waals surface area contributed by atoms with Crippen molar-refractivity contribution in [3.63, 3.8) is 0 Å². The number of fused-ring (bicyclic) bond motifs is 2. The number of anilines is 1. The molecule has 0 unspecified atom stereocenters. The molecule has 2 N–H and O–H groups in total. The number of carbonyl (C=O) groups excluding carboxylic acids is 3. The van der Waals surface area contributed by atoms with Crippen molar-refractivity contribution < 1.29 is 23.5 Å². The Morgan fingerprint density at radius 2 is 1.92 bits per heavy atom. The number of likely N-dealkylation sites (tertiary alicyclic amines) is 1. The Bertz CT molecular complexity index is 1390. The highest BCUT2D eigenvalue weighted by molar-refractivity contribution is 6.30. The summed E-state index contributed by atoms with van der Waals surface area (Å²) in [5.41, 5.74) is 1.23. The van der Waals surface area contributed by atoms with Gasteiger partial charge in [0.1, 0.15) is 5.82 Å². The number of nitrogens with zero attached hydrogens (tertiary/aromatic N) is 2. The highest BCUT2D eigenvalue weighted by Gasteiger charge is 2.67. The van der Waals surface area contributed by atoms with Crippen LogP contribution in [0, 0.1) is 11.2 Å². The molecule has 3 amide bonds. The molecule has 2 aromatic carbocycles. The number of para-hydroxylation sites is 1. The summed E-state index contributed by atoms with van der Waals surface area (Å²) in [5.74, 6) is -0.658. The Hall–Kier alpha value is -3.43. The number of Topliss-reactive ketones (excluding diaryl/α,β-unsaturated/α-hetero) is 1. The van der Waals surface area contributed by atoms with Gasteiger partial charge in [0.15, 0.2) is 5.78 Å². The maximum absolute atomic E-state index is 14.4. The largest absolute Gasteiger partial charge is 0.384 e. The van der Waals surface area contributed by atoms with Gasteiger partial charge in [-0.2, -0.15) is 0 Å². The number of methoxy groups -OCH3 is 1. The maximum atomic E-state index is 14.4. The van der Waals surface area contributed by atoms with Gasteiger partial charge in [-0.05, 0) is 37.0 Å². The number of halogens is 2. The minimum atomic E-state index is -0.650. The van der Waals surface area contributed by atoms with E-state index in [0.717, 1.165) is 6.42 Å². The summed E-state index contributed by atoms with van der Waals surface area (Å²) in [6.45, 7) is 0.449. The van der Waals surface area contributed by atoms with Gasteiger partial charge in [0.25, 0.3) is 0 Å². The van der Waals surface area contributed by atoms with E-state index in [1.54, 1.807) is 36.4 Å². The molecule has 0 spiro atoms. The average molecular weight is 527 g/mol. The van der Waals surface area contributed by atoms with Gasteiger partial charge in [-0.15, -0.1) is 0 Å². The maximum Gasteiger partial charge on any atom is 0.325 e. The van der Waals surface area contributed by atoms with Gasteiger partial charge in [-0.3, -0.25) is 9.36 Å². The fourth-order valence-corrected chi connectivity index (χ4v) is 5.80. The van der Waals surface area contributed by atoms with E-state index < -0.39 is 17.9 Å². The van der Waals surface area contributed by atoms with E-state index in [1.165, 1.54) is 17.7 Å². The molecule has 1 aliphatic carbocycles. The number of aryl methyl sites for hydroxylation is 1. The van der Waals surface area contributed by atoms with Crippen molar-refractivity contribution in [2.24, 2.45) is 5.41 Å². The predicted octanol–water partition coefficient (Wildman–Crippen LogP) is 4.83. The molecule has 1 aromatic heterocycles. The summed E-state index contributed by atoms with van der Waals surface area (Å²) >= 11 is 5.89. The summed E-state index contributed by atoms with van der Waals surface area (Å²) in [6, 6.07) is 10.5. The monoisotopic (exact) mass is 526 g/mol. The van der Waals surface area contributed by atoms with Crippen molar-refractivity contribution >= 4 is 46.0 Å². The Morgan fingerprint density at radius 1 is 1.14 bits per heavy atom. The number of benzene rings is 2. The number of piperidine rings is 1. The number of hydrogen-bond acceptors (Lipinski definition) is 4. The second-order valence-corrected chi connectivity index (χ2v) is 10.1. The van der Waals surface area contributed by atoms with Crippen molar-refractivity contribution in [3.8, 4) is 0 Å². The zero-order valence-electron chi connectivity index (χ0n) is 20.6. The molecule has 1 saturated carbocycles. The Balaban J connectivity index is 1.38. The SMILES string of the molecule is CNC(=O)n1cc(NC(=O)N2[C@H](C(=O)CCc3cccc(Cl)c3F)C[C@@]3(COC)C[C@@H]23)c2ccccc21. The molecule has 194 valence electrons. The van der Waals surface area contributed by atoms with Gasteiger partial charge in [0, 0.05) is 43.6 Å². The second-order valence-electron chi connectivity index (χ2n) is 9.74. The predicted molar refractivity (Wildman–Crippen MR) is 139 cm³/mol. The first-order valence-electron chi connectivity index (χ1n) is 12.2. The lowest BCUT2D eigenvalue weighted by molar-refractivity contribution is -0.123.